The summed E-state index contributed by atoms with van der Waals surface area (Å²) in [7, 11) is 0. The highest BCUT2D eigenvalue weighted by molar-refractivity contribution is 7.71. The highest BCUT2D eigenvalue weighted by Gasteiger charge is 2.21. The minimum absolute atomic E-state index is 0.672. The second-order valence-corrected chi connectivity index (χ2v) is 9.41. The van der Waals surface area contributed by atoms with Gasteiger partial charge in [-0.05, 0) is 56.2 Å². The smallest absolute Gasteiger partial charge is 0.204 e. The molecule has 0 N–H and O–H groups in total. The van der Waals surface area contributed by atoms with Gasteiger partial charge in [0.1, 0.15) is 0 Å². The zero-order valence-electron chi connectivity index (χ0n) is 19.9. The standard InChI is InChI=1S/C26H30N6OS/c1-19-9-10-23(15-20(19)2)32-25(22-7-5-4-6-8-22)27-31(26(32)34)18-30-13-11-29(12-14-30)17-24-16-21(3)28-33-24/h4-10,15-16H,11-14,17-18H2,1-3H3. The highest BCUT2D eigenvalue weighted by Crippen LogP contribution is 2.24. The van der Waals surface area contributed by atoms with Crippen molar-refractivity contribution in [1.29, 1.82) is 0 Å². The third-order valence-corrected chi connectivity index (χ3v) is 6.87. The zero-order valence-corrected chi connectivity index (χ0v) is 20.8. The van der Waals surface area contributed by atoms with E-state index in [0.29, 0.717) is 11.4 Å². The molecule has 2 aromatic heterocycles. The van der Waals surface area contributed by atoms with Gasteiger partial charge in [-0.2, -0.15) is 0 Å². The second-order valence-electron chi connectivity index (χ2n) is 9.05. The van der Waals surface area contributed by atoms with Crippen LogP contribution in [0.15, 0.2) is 59.1 Å². The molecule has 0 spiro atoms. The molecule has 2 aromatic carbocycles. The van der Waals surface area contributed by atoms with Crippen molar-refractivity contribution in [3.63, 3.8) is 0 Å². The van der Waals surface area contributed by atoms with Gasteiger partial charge in [0.15, 0.2) is 11.6 Å². The Morgan fingerprint density at radius 3 is 2.29 bits per heavy atom. The quantitative estimate of drug-likeness (QED) is 0.376. The fourth-order valence-electron chi connectivity index (χ4n) is 4.36. The van der Waals surface area contributed by atoms with Crippen molar-refractivity contribution in [3.05, 3.63) is 81.9 Å². The van der Waals surface area contributed by atoms with Gasteiger partial charge < -0.3 is 4.52 Å². The van der Waals surface area contributed by atoms with E-state index in [4.69, 9.17) is 21.8 Å². The molecule has 0 amide bonds. The molecule has 4 aromatic rings. The Bertz CT molecular complexity index is 1330. The Labute approximate surface area is 205 Å². The highest BCUT2D eigenvalue weighted by atomic mass is 32.1. The van der Waals surface area contributed by atoms with Gasteiger partial charge in [0.05, 0.1) is 24.6 Å². The van der Waals surface area contributed by atoms with Crippen LogP contribution in [0.25, 0.3) is 17.1 Å². The number of piperazine rings is 1. The van der Waals surface area contributed by atoms with E-state index in [1.165, 1.54) is 11.1 Å². The first-order valence-corrected chi connectivity index (χ1v) is 12.1. The summed E-state index contributed by atoms with van der Waals surface area (Å²) in [6, 6.07) is 18.7. The van der Waals surface area contributed by atoms with Gasteiger partial charge in [-0.15, -0.1) is 5.10 Å². The fraction of sp³-hybridized carbons (Fsp3) is 0.346. The van der Waals surface area contributed by atoms with Crippen LogP contribution in [-0.2, 0) is 13.2 Å². The van der Waals surface area contributed by atoms with Crippen molar-refractivity contribution in [1.82, 2.24) is 29.3 Å². The number of nitrogens with zero attached hydrogens (tertiary/aromatic N) is 6. The Balaban J connectivity index is 1.38. The van der Waals surface area contributed by atoms with E-state index in [1.807, 2.05) is 35.9 Å². The van der Waals surface area contributed by atoms with Crippen LogP contribution in [0.5, 0.6) is 0 Å². The lowest BCUT2D eigenvalue weighted by atomic mass is 10.1. The van der Waals surface area contributed by atoms with E-state index in [-0.39, 0.29) is 0 Å². The molecule has 5 rings (SSSR count). The van der Waals surface area contributed by atoms with E-state index < -0.39 is 0 Å². The predicted octanol–water partition coefficient (Wildman–Crippen LogP) is 4.76. The van der Waals surface area contributed by atoms with Crippen LogP contribution in [-0.4, -0.2) is 55.5 Å². The van der Waals surface area contributed by atoms with Crippen molar-refractivity contribution < 1.29 is 4.52 Å². The fourth-order valence-corrected chi connectivity index (χ4v) is 4.65. The topological polar surface area (TPSA) is 55.3 Å². The minimum Gasteiger partial charge on any atom is -0.360 e. The molecule has 1 aliphatic rings. The average Bonchev–Trinajstić information content (AvgIpc) is 3.40. The molecular weight excluding hydrogens is 444 g/mol. The Kier molecular flexibility index (Phi) is 6.45. The van der Waals surface area contributed by atoms with Gasteiger partial charge >= 0.3 is 0 Å². The molecule has 0 unspecified atom stereocenters. The molecule has 1 saturated heterocycles. The van der Waals surface area contributed by atoms with E-state index in [1.54, 1.807) is 0 Å². The largest absolute Gasteiger partial charge is 0.360 e. The number of hydrogen-bond donors (Lipinski definition) is 0. The lowest BCUT2D eigenvalue weighted by Gasteiger charge is -2.33. The third-order valence-electron chi connectivity index (χ3n) is 6.48. The lowest BCUT2D eigenvalue weighted by Crippen LogP contribution is -2.46. The molecule has 0 bridgehead atoms. The van der Waals surface area contributed by atoms with Crippen molar-refractivity contribution in [2.75, 3.05) is 26.2 Å². The van der Waals surface area contributed by atoms with Crippen LogP contribution in [0.1, 0.15) is 22.6 Å². The zero-order chi connectivity index (χ0) is 23.7. The van der Waals surface area contributed by atoms with Gasteiger partial charge in [-0.1, -0.05) is 41.6 Å². The summed E-state index contributed by atoms with van der Waals surface area (Å²) in [5.74, 6) is 1.79. The first kappa shape index (κ1) is 22.7. The van der Waals surface area contributed by atoms with Gasteiger partial charge in [0, 0.05) is 37.8 Å². The summed E-state index contributed by atoms with van der Waals surface area (Å²) >= 11 is 5.96. The maximum Gasteiger partial charge on any atom is 0.204 e. The molecule has 1 fully saturated rings. The van der Waals surface area contributed by atoms with Crippen molar-refractivity contribution >= 4 is 12.2 Å². The number of aryl methyl sites for hydroxylation is 3. The molecule has 0 saturated carbocycles. The number of hydrogen-bond acceptors (Lipinski definition) is 6. The summed E-state index contributed by atoms with van der Waals surface area (Å²) in [5.41, 5.74) is 5.53. The predicted molar refractivity (Wildman–Crippen MR) is 135 cm³/mol. The molecule has 0 atom stereocenters. The molecule has 176 valence electrons. The first-order valence-electron chi connectivity index (χ1n) is 11.7. The molecule has 34 heavy (non-hydrogen) atoms. The SMILES string of the molecule is Cc1cc(CN2CCN(Cn3nc(-c4ccccc4)n(-c4ccc(C)c(C)c4)c3=S)CC2)on1. The van der Waals surface area contributed by atoms with Crippen LogP contribution < -0.4 is 0 Å². The number of benzene rings is 2. The van der Waals surface area contributed by atoms with Gasteiger partial charge in [-0.25, -0.2) is 4.68 Å². The lowest BCUT2D eigenvalue weighted by molar-refractivity contribution is 0.0921. The molecular formula is C26H30N6OS. The average molecular weight is 475 g/mol. The van der Waals surface area contributed by atoms with Gasteiger partial charge in [0.25, 0.3) is 0 Å². The summed E-state index contributed by atoms with van der Waals surface area (Å²) in [5, 5.41) is 8.98. The van der Waals surface area contributed by atoms with Crippen molar-refractivity contribution in [2.24, 2.45) is 0 Å². The maximum absolute atomic E-state index is 5.96. The summed E-state index contributed by atoms with van der Waals surface area (Å²) < 4.78 is 10.2. The van der Waals surface area contributed by atoms with Crippen LogP contribution in [0, 0.1) is 25.5 Å². The normalized spacial score (nSPS) is 15.1. The third kappa shape index (κ3) is 4.75. The summed E-state index contributed by atoms with van der Waals surface area (Å²) in [6.45, 7) is 11.5. The van der Waals surface area contributed by atoms with Crippen LogP contribution >= 0.6 is 12.2 Å². The second kappa shape index (κ2) is 9.66. The maximum atomic E-state index is 5.96. The van der Waals surface area contributed by atoms with Gasteiger partial charge in [-0.3, -0.25) is 14.4 Å². The number of rotatable bonds is 6. The molecule has 3 heterocycles. The van der Waals surface area contributed by atoms with Crippen LogP contribution in [0.3, 0.4) is 0 Å². The van der Waals surface area contributed by atoms with E-state index in [9.17, 15) is 0 Å². The molecule has 0 aliphatic carbocycles. The Hall–Kier alpha value is -3.07. The molecule has 8 heteroatoms. The van der Waals surface area contributed by atoms with Crippen LogP contribution in [0.4, 0.5) is 0 Å². The van der Waals surface area contributed by atoms with Crippen molar-refractivity contribution in [2.45, 2.75) is 34.0 Å². The first-order chi connectivity index (χ1) is 16.5. The van der Waals surface area contributed by atoms with Crippen molar-refractivity contribution in [3.8, 4) is 17.1 Å². The van der Waals surface area contributed by atoms with Crippen LogP contribution in [0.2, 0.25) is 0 Å². The Morgan fingerprint density at radius 2 is 1.62 bits per heavy atom. The van der Waals surface area contributed by atoms with E-state index >= 15 is 0 Å². The van der Waals surface area contributed by atoms with E-state index in [2.05, 4.69) is 63.7 Å². The molecule has 7 nitrogen and oxygen atoms in total. The minimum atomic E-state index is 0.672. The number of aromatic nitrogens is 4. The summed E-state index contributed by atoms with van der Waals surface area (Å²) in [6.07, 6.45) is 0. The molecule has 1 aliphatic heterocycles. The monoisotopic (exact) mass is 474 g/mol. The molecule has 0 radical (unpaired) electrons. The Morgan fingerprint density at radius 1 is 0.882 bits per heavy atom. The van der Waals surface area contributed by atoms with Gasteiger partial charge in [0.2, 0.25) is 4.77 Å². The van der Waals surface area contributed by atoms with E-state index in [0.717, 1.165) is 61.3 Å². The summed E-state index contributed by atoms with van der Waals surface area (Å²) in [4.78, 5) is 4.81.